The Bertz CT molecular complexity index is 967. The van der Waals surface area contributed by atoms with Gasteiger partial charge in [-0.3, -0.25) is 0 Å². The first kappa shape index (κ1) is 18.1. The lowest BCUT2D eigenvalue weighted by Crippen LogP contribution is -2.03. The largest absolute Gasteiger partial charge is 0.496 e. The highest BCUT2D eigenvalue weighted by molar-refractivity contribution is 5.79. The Hall–Kier alpha value is -2.72. The summed E-state index contributed by atoms with van der Waals surface area (Å²) in [5.74, 6) is -0.214. The zero-order valence-electron chi connectivity index (χ0n) is 15.1. The van der Waals surface area contributed by atoms with Crippen LogP contribution >= 0.6 is 0 Å². The van der Waals surface area contributed by atoms with Crippen molar-refractivity contribution in [2.24, 2.45) is 5.73 Å². The molecule has 0 unspecified atom stereocenters. The number of nitrogens with two attached hydrogens (primary N) is 1. The van der Waals surface area contributed by atoms with Crippen LogP contribution in [0, 0.1) is 25.5 Å². The third-order valence-electron chi connectivity index (χ3n) is 4.71. The summed E-state index contributed by atoms with van der Waals surface area (Å²) in [5.41, 5.74) is 10.8. The molecule has 0 radical (unpaired) electrons. The van der Waals surface area contributed by atoms with E-state index in [1.54, 1.807) is 19.1 Å². The fourth-order valence-electron chi connectivity index (χ4n) is 3.17. The van der Waals surface area contributed by atoms with Crippen LogP contribution in [-0.2, 0) is 6.54 Å². The number of halogens is 2. The minimum Gasteiger partial charge on any atom is -0.496 e. The minimum atomic E-state index is -0.395. The summed E-state index contributed by atoms with van der Waals surface area (Å²) in [6.45, 7) is 3.75. The van der Waals surface area contributed by atoms with Crippen LogP contribution in [-0.4, -0.2) is 7.11 Å². The molecule has 3 aromatic carbocycles. The van der Waals surface area contributed by atoms with Crippen molar-refractivity contribution < 1.29 is 13.5 Å². The van der Waals surface area contributed by atoms with Crippen molar-refractivity contribution in [1.82, 2.24) is 0 Å². The molecule has 0 heterocycles. The molecule has 134 valence electrons. The third-order valence-corrected chi connectivity index (χ3v) is 4.71. The molecule has 3 aromatic rings. The van der Waals surface area contributed by atoms with Crippen LogP contribution < -0.4 is 10.5 Å². The van der Waals surface area contributed by atoms with E-state index in [1.807, 2.05) is 31.2 Å². The van der Waals surface area contributed by atoms with Gasteiger partial charge in [0.25, 0.3) is 0 Å². The molecule has 0 saturated heterocycles. The average molecular weight is 353 g/mol. The minimum absolute atomic E-state index is 0.0664. The molecule has 0 fully saturated rings. The highest BCUT2D eigenvalue weighted by Crippen LogP contribution is 2.35. The van der Waals surface area contributed by atoms with Gasteiger partial charge in [0.15, 0.2) is 0 Å². The Morgan fingerprint density at radius 2 is 1.54 bits per heavy atom. The van der Waals surface area contributed by atoms with E-state index in [2.05, 4.69) is 0 Å². The Morgan fingerprint density at radius 1 is 0.885 bits per heavy atom. The Kier molecular flexibility index (Phi) is 5.05. The van der Waals surface area contributed by atoms with Crippen molar-refractivity contribution >= 4 is 0 Å². The third kappa shape index (κ3) is 3.20. The quantitative estimate of drug-likeness (QED) is 0.683. The van der Waals surface area contributed by atoms with Crippen LogP contribution in [0.1, 0.15) is 16.7 Å². The van der Waals surface area contributed by atoms with E-state index in [0.717, 1.165) is 22.3 Å². The molecule has 0 aliphatic carbocycles. The number of aryl methyl sites for hydroxylation is 1. The van der Waals surface area contributed by atoms with Gasteiger partial charge in [-0.05, 0) is 65.4 Å². The number of rotatable bonds is 4. The van der Waals surface area contributed by atoms with Gasteiger partial charge in [0.1, 0.15) is 17.4 Å². The van der Waals surface area contributed by atoms with E-state index in [-0.39, 0.29) is 12.4 Å². The van der Waals surface area contributed by atoms with Crippen LogP contribution in [0.3, 0.4) is 0 Å². The number of benzene rings is 3. The second-order valence-electron chi connectivity index (χ2n) is 6.29. The maximum atomic E-state index is 14.4. The van der Waals surface area contributed by atoms with Gasteiger partial charge in [-0.25, -0.2) is 8.78 Å². The van der Waals surface area contributed by atoms with Crippen LogP contribution in [0.25, 0.3) is 22.3 Å². The van der Waals surface area contributed by atoms with E-state index < -0.39 is 5.82 Å². The van der Waals surface area contributed by atoms with Crippen LogP contribution in [0.4, 0.5) is 8.78 Å². The summed E-state index contributed by atoms with van der Waals surface area (Å²) < 4.78 is 33.7. The molecule has 0 amide bonds. The first-order chi connectivity index (χ1) is 12.5. The van der Waals surface area contributed by atoms with Gasteiger partial charge < -0.3 is 10.5 Å². The molecule has 0 aromatic heterocycles. The Labute approximate surface area is 152 Å². The van der Waals surface area contributed by atoms with Gasteiger partial charge in [-0.2, -0.15) is 0 Å². The highest BCUT2D eigenvalue weighted by Gasteiger charge is 2.14. The van der Waals surface area contributed by atoms with Gasteiger partial charge in [0.05, 0.1) is 7.11 Å². The first-order valence-electron chi connectivity index (χ1n) is 8.39. The first-order valence-corrected chi connectivity index (χ1v) is 8.39. The topological polar surface area (TPSA) is 35.2 Å². The smallest absolute Gasteiger partial charge is 0.132 e. The van der Waals surface area contributed by atoms with E-state index >= 15 is 0 Å². The average Bonchev–Trinajstić information content (AvgIpc) is 2.63. The standard InChI is InChI=1S/C22H21F2NO/c1-13-7-8-15(9-20(13)23)17-5-4-6-18(14(17)2)16-10-21(24)19(12-25)22(11-16)26-3/h4-11H,12,25H2,1-3H3. The lowest BCUT2D eigenvalue weighted by Gasteiger charge is -2.15. The number of ether oxygens (including phenoxy) is 1. The van der Waals surface area contributed by atoms with E-state index in [1.165, 1.54) is 19.2 Å². The van der Waals surface area contributed by atoms with Gasteiger partial charge in [0, 0.05) is 12.1 Å². The van der Waals surface area contributed by atoms with Crippen molar-refractivity contribution in [3.8, 4) is 28.0 Å². The summed E-state index contributed by atoms with van der Waals surface area (Å²) in [5, 5.41) is 0. The maximum absolute atomic E-state index is 14.4. The lowest BCUT2D eigenvalue weighted by atomic mass is 9.91. The van der Waals surface area contributed by atoms with Crippen molar-refractivity contribution in [3.63, 3.8) is 0 Å². The summed E-state index contributed by atoms with van der Waals surface area (Å²) in [4.78, 5) is 0. The van der Waals surface area contributed by atoms with Crippen molar-refractivity contribution in [1.29, 1.82) is 0 Å². The summed E-state index contributed by atoms with van der Waals surface area (Å²) in [6.07, 6.45) is 0. The van der Waals surface area contributed by atoms with E-state index in [0.29, 0.717) is 22.4 Å². The molecule has 0 bridgehead atoms. The molecule has 3 rings (SSSR count). The molecule has 0 aliphatic rings. The molecular weight excluding hydrogens is 332 g/mol. The molecule has 0 atom stereocenters. The second-order valence-corrected chi connectivity index (χ2v) is 6.29. The molecule has 0 aliphatic heterocycles. The van der Waals surface area contributed by atoms with Gasteiger partial charge in [-0.1, -0.05) is 30.3 Å². The zero-order valence-corrected chi connectivity index (χ0v) is 15.1. The summed E-state index contributed by atoms with van der Waals surface area (Å²) >= 11 is 0. The number of hydrogen-bond donors (Lipinski definition) is 1. The van der Waals surface area contributed by atoms with Gasteiger partial charge in [0.2, 0.25) is 0 Å². The molecule has 26 heavy (non-hydrogen) atoms. The molecule has 0 saturated carbocycles. The Morgan fingerprint density at radius 3 is 2.15 bits per heavy atom. The summed E-state index contributed by atoms with van der Waals surface area (Å²) in [7, 11) is 1.50. The van der Waals surface area contributed by atoms with Crippen molar-refractivity contribution in [2.45, 2.75) is 20.4 Å². The Balaban J connectivity index is 2.16. The monoisotopic (exact) mass is 353 g/mol. The molecule has 4 heteroatoms. The predicted octanol–water partition coefficient (Wildman–Crippen LogP) is 5.38. The predicted molar refractivity (Wildman–Crippen MR) is 101 cm³/mol. The van der Waals surface area contributed by atoms with Crippen LogP contribution in [0.15, 0.2) is 48.5 Å². The van der Waals surface area contributed by atoms with Crippen molar-refractivity contribution in [3.05, 3.63) is 76.9 Å². The van der Waals surface area contributed by atoms with Crippen LogP contribution in [0.2, 0.25) is 0 Å². The summed E-state index contributed by atoms with van der Waals surface area (Å²) in [6, 6.07) is 14.2. The normalized spacial score (nSPS) is 10.8. The second kappa shape index (κ2) is 7.26. The van der Waals surface area contributed by atoms with Gasteiger partial charge >= 0.3 is 0 Å². The molecular formula is C22H21F2NO. The fourth-order valence-corrected chi connectivity index (χ4v) is 3.17. The zero-order chi connectivity index (χ0) is 18.8. The SMILES string of the molecule is COc1cc(-c2cccc(-c3ccc(C)c(F)c3)c2C)cc(F)c1CN. The molecule has 0 spiro atoms. The van der Waals surface area contributed by atoms with Crippen molar-refractivity contribution in [2.75, 3.05) is 7.11 Å². The molecule has 2 N–H and O–H groups in total. The molecule has 2 nitrogen and oxygen atoms in total. The van der Waals surface area contributed by atoms with Crippen LogP contribution in [0.5, 0.6) is 5.75 Å². The lowest BCUT2D eigenvalue weighted by molar-refractivity contribution is 0.405. The highest BCUT2D eigenvalue weighted by atomic mass is 19.1. The number of hydrogen-bond acceptors (Lipinski definition) is 2. The fraction of sp³-hybridized carbons (Fsp3) is 0.182. The van der Waals surface area contributed by atoms with Gasteiger partial charge in [-0.15, -0.1) is 0 Å². The van der Waals surface area contributed by atoms with E-state index in [9.17, 15) is 8.78 Å². The maximum Gasteiger partial charge on any atom is 0.132 e. The number of methoxy groups -OCH3 is 1. The van der Waals surface area contributed by atoms with E-state index in [4.69, 9.17) is 10.5 Å².